The molecule has 0 saturated carbocycles. The topological polar surface area (TPSA) is 203 Å². The van der Waals surface area contributed by atoms with Crippen molar-refractivity contribution in [2.24, 2.45) is 26.1 Å². The fraction of sp³-hybridized carbons (Fsp3) is 0.300. The molecule has 2 heterocycles. The highest BCUT2D eigenvalue weighted by Crippen LogP contribution is 2.38. The number of aliphatic imine (C=N–C) groups is 1. The van der Waals surface area contributed by atoms with E-state index in [2.05, 4.69) is 24.9 Å². The summed E-state index contributed by atoms with van der Waals surface area (Å²) < 4.78 is 55.0. The molecule has 2 aromatic carbocycles. The minimum Gasteiger partial charge on any atom is -0.392 e. The van der Waals surface area contributed by atoms with Crippen LogP contribution in [0.15, 0.2) is 55.3 Å². The van der Waals surface area contributed by atoms with E-state index in [0.717, 1.165) is 10.8 Å². The van der Waals surface area contributed by atoms with Crippen molar-refractivity contribution in [2.45, 2.75) is 35.8 Å². The van der Waals surface area contributed by atoms with Crippen LogP contribution in [0.3, 0.4) is 0 Å². The molecule has 6 N–H and O–H groups in total. The Kier molecular flexibility index (Phi) is 7.10. The van der Waals surface area contributed by atoms with Gasteiger partial charge in [-0.3, -0.25) is 0 Å². The number of aliphatic hydroxyl groups excluding tert-OH is 1. The maximum absolute atomic E-state index is 13.1. The first-order valence-electron chi connectivity index (χ1n) is 10.5. The normalized spacial score (nSPS) is 15.0. The molecule has 0 bridgehead atoms. The van der Waals surface area contributed by atoms with E-state index in [1.165, 1.54) is 17.4 Å². The van der Waals surface area contributed by atoms with Crippen molar-refractivity contribution >= 4 is 47.4 Å². The second-order valence-electron chi connectivity index (χ2n) is 7.60. The number of primary sulfonamides is 1. The van der Waals surface area contributed by atoms with E-state index in [1.807, 2.05) is 6.07 Å². The van der Waals surface area contributed by atoms with Crippen molar-refractivity contribution in [1.29, 1.82) is 0 Å². The molecule has 186 valence electrons. The zero-order chi connectivity index (χ0) is 25.4. The van der Waals surface area contributed by atoms with Crippen LogP contribution in [-0.2, 0) is 26.6 Å². The number of aromatic nitrogens is 1. The van der Waals surface area contributed by atoms with Crippen LogP contribution in [0.4, 0.5) is 0 Å². The number of para-hydroxylation sites is 1. The lowest BCUT2D eigenvalue weighted by Crippen LogP contribution is -2.33. The third-order valence-electron chi connectivity index (χ3n) is 5.28. The van der Waals surface area contributed by atoms with Crippen LogP contribution in [-0.4, -0.2) is 52.1 Å². The maximum Gasteiger partial charge on any atom is 0.242 e. The number of thiazole rings is 1. The van der Waals surface area contributed by atoms with E-state index < -0.39 is 35.9 Å². The Morgan fingerprint density at radius 2 is 1.94 bits per heavy atom. The predicted molar refractivity (Wildman–Crippen MR) is 132 cm³/mol. The standard InChI is InChI=1S/C20H23N7O5S3/c1-2-11(28)9-25-35(31,32)15-7-6-12(13-4-3-5-14-18(13)26-16(8-21)33-14)17(19(15)34(22,29)30)20-23-10-24-27-20/h3-7,11,25,28H,2,8-10,21H2,1H3,(H2,22,29,30)/t11-/m0/s1. The molecule has 1 atom stereocenters. The Hall–Kier alpha value is -2.66. The van der Waals surface area contributed by atoms with Gasteiger partial charge >= 0.3 is 0 Å². The lowest BCUT2D eigenvalue weighted by Gasteiger charge is -2.18. The number of fused-ring (bicyclic) bond motifs is 1. The molecule has 0 saturated heterocycles. The molecule has 1 aliphatic heterocycles. The number of amidine groups is 1. The third kappa shape index (κ3) is 5.02. The number of nitrogens with two attached hydrogens (primary N) is 2. The molecule has 1 aromatic heterocycles. The summed E-state index contributed by atoms with van der Waals surface area (Å²) in [6, 6.07) is 7.96. The van der Waals surface area contributed by atoms with E-state index in [0.29, 0.717) is 28.1 Å². The van der Waals surface area contributed by atoms with Gasteiger partial charge in [-0.1, -0.05) is 25.1 Å². The van der Waals surface area contributed by atoms with Crippen molar-refractivity contribution in [3.63, 3.8) is 0 Å². The second-order valence-corrected chi connectivity index (χ2v) is 12.0. The number of rotatable bonds is 9. The Bertz CT molecular complexity index is 1560. The number of hydrogen-bond donors (Lipinski definition) is 4. The average molecular weight is 538 g/mol. The molecule has 0 fully saturated rings. The summed E-state index contributed by atoms with van der Waals surface area (Å²) in [5.74, 6) is -0.0686. The van der Waals surface area contributed by atoms with Gasteiger partial charge < -0.3 is 10.8 Å². The Balaban J connectivity index is 2.04. The molecular weight excluding hydrogens is 514 g/mol. The first kappa shape index (κ1) is 25.4. The van der Waals surface area contributed by atoms with Crippen molar-refractivity contribution in [2.75, 3.05) is 13.2 Å². The smallest absolute Gasteiger partial charge is 0.242 e. The summed E-state index contributed by atoms with van der Waals surface area (Å²) in [6.07, 6.45) is -0.651. The first-order chi connectivity index (χ1) is 16.6. The summed E-state index contributed by atoms with van der Waals surface area (Å²) >= 11 is 1.39. The lowest BCUT2D eigenvalue weighted by atomic mass is 9.98. The third-order valence-corrected chi connectivity index (χ3v) is 8.91. The van der Waals surface area contributed by atoms with E-state index >= 15 is 0 Å². The Morgan fingerprint density at radius 3 is 2.57 bits per heavy atom. The van der Waals surface area contributed by atoms with Gasteiger partial charge in [-0.25, -0.2) is 36.7 Å². The van der Waals surface area contributed by atoms with E-state index in [9.17, 15) is 21.9 Å². The van der Waals surface area contributed by atoms with E-state index in [1.54, 1.807) is 19.1 Å². The Labute approximate surface area is 205 Å². The molecule has 0 aliphatic carbocycles. The predicted octanol–water partition coefficient (Wildman–Crippen LogP) is 1.29. The number of benzene rings is 2. The van der Waals surface area contributed by atoms with Crippen LogP contribution in [0.2, 0.25) is 0 Å². The van der Waals surface area contributed by atoms with Crippen LogP contribution >= 0.6 is 11.3 Å². The molecule has 12 nitrogen and oxygen atoms in total. The molecule has 1 aliphatic rings. The summed E-state index contributed by atoms with van der Waals surface area (Å²) in [5, 5.41) is 23.8. The molecule has 0 radical (unpaired) electrons. The quantitative estimate of drug-likeness (QED) is 0.314. The maximum atomic E-state index is 13.1. The molecule has 0 spiro atoms. The van der Waals surface area contributed by atoms with Gasteiger partial charge in [0.2, 0.25) is 20.0 Å². The fourth-order valence-corrected chi connectivity index (χ4v) is 7.13. The number of nitrogens with one attached hydrogen (secondary N) is 1. The largest absolute Gasteiger partial charge is 0.392 e. The molecule has 35 heavy (non-hydrogen) atoms. The van der Waals surface area contributed by atoms with Gasteiger partial charge in [-0.15, -0.1) is 16.5 Å². The van der Waals surface area contributed by atoms with Gasteiger partial charge in [-0.05, 0) is 24.1 Å². The minimum atomic E-state index is -4.61. The number of hydrogen-bond acceptors (Lipinski definition) is 11. The zero-order valence-electron chi connectivity index (χ0n) is 18.5. The molecule has 0 unspecified atom stereocenters. The number of sulfonamides is 2. The van der Waals surface area contributed by atoms with Gasteiger partial charge in [0, 0.05) is 18.7 Å². The first-order valence-corrected chi connectivity index (χ1v) is 14.3. The highest BCUT2D eigenvalue weighted by atomic mass is 32.2. The molecular formula is C20H23N7O5S3. The lowest BCUT2D eigenvalue weighted by molar-refractivity contribution is 0.174. The number of azo groups is 1. The highest BCUT2D eigenvalue weighted by molar-refractivity contribution is 7.92. The van der Waals surface area contributed by atoms with Gasteiger partial charge in [0.1, 0.15) is 14.8 Å². The van der Waals surface area contributed by atoms with Crippen LogP contribution in [0, 0.1) is 0 Å². The average Bonchev–Trinajstić information content (AvgIpc) is 3.50. The van der Waals surface area contributed by atoms with Gasteiger partial charge in [-0.2, -0.15) is 5.11 Å². The van der Waals surface area contributed by atoms with Crippen molar-refractivity contribution in [3.8, 4) is 11.1 Å². The summed E-state index contributed by atoms with van der Waals surface area (Å²) in [4.78, 5) is 7.46. The van der Waals surface area contributed by atoms with Crippen LogP contribution in [0.5, 0.6) is 0 Å². The van der Waals surface area contributed by atoms with E-state index in [4.69, 9.17) is 10.9 Å². The van der Waals surface area contributed by atoms with E-state index in [-0.39, 0.29) is 31.2 Å². The summed E-state index contributed by atoms with van der Waals surface area (Å²) in [7, 11) is -9.01. The Morgan fingerprint density at radius 1 is 1.17 bits per heavy atom. The van der Waals surface area contributed by atoms with Gasteiger partial charge in [0.15, 0.2) is 12.5 Å². The van der Waals surface area contributed by atoms with Crippen molar-refractivity contribution < 1.29 is 21.9 Å². The van der Waals surface area contributed by atoms with Crippen molar-refractivity contribution in [1.82, 2.24) is 9.71 Å². The second kappa shape index (κ2) is 9.77. The van der Waals surface area contributed by atoms with Gasteiger partial charge in [0.25, 0.3) is 0 Å². The fourth-order valence-electron chi connectivity index (χ4n) is 3.59. The van der Waals surface area contributed by atoms with Crippen LogP contribution in [0.25, 0.3) is 21.3 Å². The van der Waals surface area contributed by atoms with Crippen LogP contribution < -0.4 is 15.6 Å². The van der Waals surface area contributed by atoms with Crippen LogP contribution in [0.1, 0.15) is 23.9 Å². The minimum absolute atomic E-state index is 0.0467. The number of aliphatic hydroxyl groups is 1. The monoisotopic (exact) mass is 537 g/mol. The SMILES string of the molecule is CC[C@H](O)CNS(=O)(=O)c1ccc(-c2cccc3sc(CN)nc23)c(C2=NCN=N2)c1S(N)(=O)=O. The number of nitrogens with zero attached hydrogens (tertiary/aromatic N) is 4. The summed E-state index contributed by atoms with van der Waals surface area (Å²) in [5.41, 5.74) is 7.07. The zero-order valence-corrected chi connectivity index (χ0v) is 21.0. The molecule has 3 aromatic rings. The molecule has 4 rings (SSSR count). The molecule has 0 amide bonds. The van der Waals surface area contributed by atoms with Gasteiger partial charge in [0.05, 0.1) is 21.9 Å². The summed E-state index contributed by atoms with van der Waals surface area (Å²) in [6.45, 7) is 1.55. The molecule has 15 heteroatoms. The highest BCUT2D eigenvalue weighted by Gasteiger charge is 2.33. The van der Waals surface area contributed by atoms with Crippen molar-refractivity contribution in [3.05, 3.63) is 40.9 Å².